The van der Waals surface area contributed by atoms with Crippen molar-refractivity contribution in [2.24, 2.45) is 0 Å². The average Bonchev–Trinajstić information content (AvgIpc) is 2.27. The fraction of sp³-hybridized carbons (Fsp3) is 0.385. The summed E-state index contributed by atoms with van der Waals surface area (Å²) < 4.78 is 0.905. The van der Waals surface area contributed by atoms with E-state index in [1.165, 1.54) is 6.21 Å². The number of rotatable bonds is 2. The molecule has 0 bridgehead atoms. The quantitative estimate of drug-likeness (QED) is 0.367. The number of hydroxylamine groups is 1. The molecule has 0 aliphatic heterocycles. The Bertz CT molecular complexity index is 428. The average molecular weight is 234 g/mol. The summed E-state index contributed by atoms with van der Waals surface area (Å²) in [5.41, 5.74) is 0.903. The third kappa shape index (κ3) is 3.59. The van der Waals surface area contributed by atoms with Gasteiger partial charge in [-0.25, -0.2) is 4.74 Å². The predicted octanol–water partition coefficient (Wildman–Crippen LogP) is 1.77. The fourth-order valence-corrected chi connectivity index (χ4v) is 1.19. The third-order valence-electron chi connectivity index (χ3n) is 2.33. The second-order valence-corrected chi connectivity index (χ2v) is 4.83. The van der Waals surface area contributed by atoms with Gasteiger partial charge in [0.05, 0.1) is 0 Å². The first-order valence-electron chi connectivity index (χ1n) is 5.48. The molecule has 17 heavy (non-hydrogen) atoms. The smallest absolute Gasteiger partial charge is 0.251 e. The van der Waals surface area contributed by atoms with E-state index in [4.69, 9.17) is 0 Å². The Balaban J connectivity index is 2.93. The molecule has 0 spiro atoms. The van der Waals surface area contributed by atoms with Crippen LogP contribution in [0.5, 0.6) is 0 Å². The zero-order valence-electron chi connectivity index (χ0n) is 10.7. The van der Waals surface area contributed by atoms with Crippen LogP contribution in [0.3, 0.4) is 0 Å². The van der Waals surface area contributed by atoms with Gasteiger partial charge in [-0.3, -0.25) is 4.79 Å². The number of carbonyl (C=O) groups is 1. The Morgan fingerprint density at radius 3 is 2.24 bits per heavy atom. The first-order valence-corrected chi connectivity index (χ1v) is 5.48. The van der Waals surface area contributed by atoms with Crippen LogP contribution in [0.15, 0.2) is 24.3 Å². The van der Waals surface area contributed by atoms with E-state index in [0.29, 0.717) is 5.56 Å². The molecule has 0 saturated carbocycles. The van der Waals surface area contributed by atoms with E-state index in [-0.39, 0.29) is 5.91 Å². The number of hydrogen-bond donors (Lipinski definition) is 1. The molecule has 0 radical (unpaired) electrons. The Morgan fingerprint density at radius 2 is 1.82 bits per heavy atom. The molecule has 0 aliphatic carbocycles. The van der Waals surface area contributed by atoms with Crippen LogP contribution in [0.25, 0.3) is 0 Å². The zero-order valence-corrected chi connectivity index (χ0v) is 10.7. The summed E-state index contributed by atoms with van der Waals surface area (Å²) >= 11 is 0. The molecule has 0 fully saturated rings. The Labute approximate surface area is 102 Å². The van der Waals surface area contributed by atoms with Crippen LogP contribution in [0.1, 0.15) is 36.7 Å². The van der Waals surface area contributed by atoms with Crippen LogP contribution in [-0.4, -0.2) is 29.4 Å². The molecule has 1 aromatic carbocycles. The Hall–Kier alpha value is -1.84. The Morgan fingerprint density at radius 1 is 1.29 bits per heavy atom. The topological polar surface area (TPSA) is 55.2 Å². The maximum absolute atomic E-state index is 11.7. The number of nitrogens with one attached hydrogen (secondary N) is 1. The van der Waals surface area contributed by atoms with E-state index in [0.717, 1.165) is 10.3 Å². The van der Waals surface area contributed by atoms with Crippen molar-refractivity contribution in [2.75, 3.05) is 7.05 Å². The third-order valence-corrected chi connectivity index (χ3v) is 2.33. The van der Waals surface area contributed by atoms with E-state index < -0.39 is 5.54 Å². The van der Waals surface area contributed by atoms with Gasteiger partial charge in [0.1, 0.15) is 0 Å². The van der Waals surface area contributed by atoms with Gasteiger partial charge in [0.25, 0.3) is 5.91 Å². The van der Waals surface area contributed by atoms with Gasteiger partial charge in [0.15, 0.2) is 11.8 Å². The van der Waals surface area contributed by atoms with Crippen LogP contribution in [0.2, 0.25) is 0 Å². The summed E-state index contributed by atoms with van der Waals surface area (Å²) in [6, 6.07) is 6.89. The minimum Gasteiger partial charge on any atom is -0.623 e. The second kappa shape index (κ2) is 4.99. The summed E-state index contributed by atoms with van der Waals surface area (Å²) in [5.74, 6) is -0.133. The number of hydrogen-bond acceptors (Lipinski definition) is 2. The molecule has 1 rings (SSSR count). The van der Waals surface area contributed by atoms with Crippen LogP contribution >= 0.6 is 0 Å². The molecule has 1 N–H and O–H groups in total. The van der Waals surface area contributed by atoms with Crippen molar-refractivity contribution < 1.29 is 9.53 Å². The SMILES string of the molecule is CNC(=O)c1ccc(/C=[N+](\[O-])C(C)(C)C)cc1. The summed E-state index contributed by atoms with van der Waals surface area (Å²) in [6.07, 6.45) is 1.52. The van der Waals surface area contributed by atoms with Gasteiger partial charge >= 0.3 is 0 Å². The highest BCUT2D eigenvalue weighted by Crippen LogP contribution is 2.07. The fourth-order valence-electron chi connectivity index (χ4n) is 1.19. The number of benzene rings is 1. The lowest BCUT2D eigenvalue weighted by Gasteiger charge is -2.18. The maximum atomic E-state index is 11.7. The lowest BCUT2D eigenvalue weighted by molar-refractivity contribution is -0.530. The first kappa shape index (κ1) is 13.2. The molecular formula is C13H18N2O2. The summed E-state index contributed by atoms with van der Waals surface area (Å²) in [4.78, 5) is 11.3. The molecule has 0 saturated heterocycles. The van der Waals surface area contributed by atoms with E-state index in [1.807, 2.05) is 20.8 Å². The molecule has 4 nitrogen and oxygen atoms in total. The van der Waals surface area contributed by atoms with Crippen molar-refractivity contribution in [3.63, 3.8) is 0 Å². The number of amides is 1. The highest BCUT2D eigenvalue weighted by molar-refractivity contribution is 5.94. The number of carbonyl (C=O) groups excluding carboxylic acids is 1. The summed E-state index contributed by atoms with van der Waals surface area (Å²) in [5, 5.41) is 14.2. The van der Waals surface area contributed by atoms with Crippen LogP contribution in [0, 0.1) is 5.21 Å². The van der Waals surface area contributed by atoms with Gasteiger partial charge in [-0.05, 0) is 24.3 Å². The van der Waals surface area contributed by atoms with Gasteiger partial charge in [-0.2, -0.15) is 0 Å². The van der Waals surface area contributed by atoms with E-state index >= 15 is 0 Å². The normalized spacial score (nSPS) is 12.4. The minimum atomic E-state index is -0.459. The minimum absolute atomic E-state index is 0.133. The molecule has 0 unspecified atom stereocenters. The molecule has 0 atom stereocenters. The predicted molar refractivity (Wildman–Crippen MR) is 68.4 cm³/mol. The first-order chi connectivity index (χ1) is 7.84. The maximum Gasteiger partial charge on any atom is 0.251 e. The van der Waals surface area contributed by atoms with Crippen LogP contribution < -0.4 is 5.32 Å². The molecule has 92 valence electrons. The van der Waals surface area contributed by atoms with Crippen molar-refractivity contribution in [1.82, 2.24) is 5.32 Å². The molecular weight excluding hydrogens is 216 g/mol. The highest BCUT2D eigenvalue weighted by atomic mass is 16.5. The molecule has 4 heteroatoms. The van der Waals surface area contributed by atoms with Crippen molar-refractivity contribution in [2.45, 2.75) is 26.3 Å². The molecule has 1 aromatic rings. The molecule has 0 aliphatic rings. The molecule has 1 amide bonds. The number of nitrogens with zero attached hydrogens (tertiary/aromatic N) is 1. The lowest BCUT2D eigenvalue weighted by Crippen LogP contribution is -2.29. The van der Waals surface area contributed by atoms with Crippen molar-refractivity contribution in [3.8, 4) is 0 Å². The second-order valence-electron chi connectivity index (χ2n) is 4.83. The Kier molecular flexibility index (Phi) is 3.89. The van der Waals surface area contributed by atoms with Gasteiger partial charge < -0.3 is 10.5 Å². The van der Waals surface area contributed by atoms with E-state index in [2.05, 4.69) is 5.32 Å². The van der Waals surface area contributed by atoms with Crippen molar-refractivity contribution in [3.05, 3.63) is 40.6 Å². The summed E-state index contributed by atoms with van der Waals surface area (Å²) in [7, 11) is 1.58. The highest BCUT2D eigenvalue weighted by Gasteiger charge is 2.17. The molecule has 0 aromatic heterocycles. The van der Waals surface area contributed by atoms with Crippen LogP contribution in [-0.2, 0) is 0 Å². The van der Waals surface area contributed by atoms with Crippen molar-refractivity contribution in [1.29, 1.82) is 0 Å². The van der Waals surface area contributed by atoms with Gasteiger partial charge in [0, 0.05) is 38.9 Å². The zero-order chi connectivity index (χ0) is 13.1. The van der Waals surface area contributed by atoms with Crippen LogP contribution in [0.4, 0.5) is 0 Å². The van der Waals surface area contributed by atoms with Gasteiger partial charge in [0.2, 0.25) is 0 Å². The monoisotopic (exact) mass is 234 g/mol. The van der Waals surface area contributed by atoms with E-state index in [1.54, 1.807) is 31.3 Å². The standard InChI is InChI=1S/C13H18N2O2/c1-13(2,3)15(17)9-10-5-7-11(8-6-10)12(16)14-4/h5-9H,1-4H3,(H,14,16)/b15-9-. The van der Waals surface area contributed by atoms with Gasteiger partial charge in [-0.15, -0.1) is 0 Å². The largest absolute Gasteiger partial charge is 0.623 e. The summed E-state index contributed by atoms with van der Waals surface area (Å²) in [6.45, 7) is 5.53. The molecule has 0 heterocycles. The van der Waals surface area contributed by atoms with Gasteiger partial charge in [-0.1, -0.05) is 0 Å². The lowest BCUT2D eigenvalue weighted by atomic mass is 10.1. The van der Waals surface area contributed by atoms with Crippen molar-refractivity contribution >= 4 is 12.1 Å². The van der Waals surface area contributed by atoms with E-state index in [9.17, 15) is 10.0 Å².